The smallest absolute Gasteiger partial charge is 0.131 e. The quantitative estimate of drug-likeness (QED) is 0.0497. The van der Waals surface area contributed by atoms with Crippen molar-refractivity contribution >= 4 is 0 Å². The molecular weight excluding hydrogens is 1360 g/mol. The lowest BCUT2D eigenvalue weighted by Gasteiger charge is -2.36. The molecule has 0 atom stereocenters. The normalized spacial score (nSPS) is 12.5. The van der Waals surface area contributed by atoms with Gasteiger partial charge in [0.05, 0.1) is 64.0 Å². The predicted octanol–water partition coefficient (Wildman–Crippen LogP) is 16.9. The number of benzene rings is 5. The van der Waals surface area contributed by atoms with E-state index in [0.717, 1.165) is 209 Å². The number of nitrogens with one attached hydrogen (secondary N) is 2. The average Bonchev–Trinajstić information content (AvgIpc) is 0.820. The highest BCUT2D eigenvalue weighted by Crippen LogP contribution is 2.41. The Kier molecular flexibility index (Phi) is 32.7. The lowest BCUT2D eigenvalue weighted by Crippen LogP contribution is -2.51. The molecule has 12 rings (SSSR count). The van der Waals surface area contributed by atoms with Crippen molar-refractivity contribution in [2.24, 2.45) is 0 Å². The highest BCUT2D eigenvalue weighted by molar-refractivity contribution is 5.74. The van der Waals surface area contributed by atoms with Crippen LogP contribution in [0.5, 0.6) is 46.0 Å². The fourth-order valence-corrected chi connectivity index (χ4v) is 12.9. The van der Waals surface area contributed by atoms with Crippen LogP contribution in [0.1, 0.15) is 102 Å². The van der Waals surface area contributed by atoms with E-state index in [1.54, 1.807) is 35.5 Å². The van der Waals surface area contributed by atoms with E-state index < -0.39 is 0 Å². The number of methoxy groups -OCH3 is 5. The fourth-order valence-electron chi connectivity index (χ4n) is 12.9. The SMILES string of the molecule is CCc1cc(-c2cccc(C)n2)c(OC)cc1CN(C)C.CCc1cc(-c2cccc(C)n2)c(OC)cc1CNC.CCc1cc(-c2cccc(C)n2)c(OC)cc1OC1CN(C)C1.CCc1cc(-c2cccc(C)n2)c(OC)cc1OC1CNC1.CCc1cc(-c2cccc(C)n2)c(OC)cc1OCCN(C)C. The summed E-state index contributed by atoms with van der Waals surface area (Å²) in [7, 11) is 20.8. The maximum Gasteiger partial charge on any atom is 0.131 e. The van der Waals surface area contributed by atoms with Crippen molar-refractivity contribution < 1.29 is 37.9 Å². The Morgan fingerprint density at radius 1 is 0.385 bits per heavy atom. The molecule has 0 unspecified atom stereocenters. The van der Waals surface area contributed by atoms with Gasteiger partial charge in [0.15, 0.2) is 0 Å². The number of rotatable bonds is 27. The predicted molar refractivity (Wildman–Crippen MR) is 445 cm³/mol. The minimum absolute atomic E-state index is 0.262. The summed E-state index contributed by atoms with van der Waals surface area (Å²) in [6, 6.07) is 51.4. The minimum Gasteiger partial charge on any atom is -0.496 e. The minimum atomic E-state index is 0.262. The molecule has 0 bridgehead atoms. The third-order valence-corrected chi connectivity index (χ3v) is 18.9. The van der Waals surface area contributed by atoms with Crippen LogP contribution in [-0.2, 0) is 45.2 Å². The van der Waals surface area contributed by atoms with Crippen molar-refractivity contribution in [1.82, 2.24) is 50.3 Å². The lowest BCUT2D eigenvalue weighted by molar-refractivity contribution is 0.0380. The molecule has 0 aliphatic carbocycles. The van der Waals surface area contributed by atoms with Gasteiger partial charge in [-0.05, 0) is 251 Å². The van der Waals surface area contributed by atoms with Gasteiger partial charge in [-0.25, -0.2) is 0 Å². The van der Waals surface area contributed by atoms with Crippen LogP contribution < -0.4 is 48.5 Å². The molecule has 10 aromatic rings. The van der Waals surface area contributed by atoms with Crippen molar-refractivity contribution in [3.05, 3.63) is 219 Å². The van der Waals surface area contributed by atoms with E-state index in [0.29, 0.717) is 6.61 Å². The van der Waals surface area contributed by atoms with Gasteiger partial charge in [-0.1, -0.05) is 65.0 Å². The highest BCUT2D eigenvalue weighted by Gasteiger charge is 2.27. The second-order valence-electron chi connectivity index (χ2n) is 28.0. The van der Waals surface area contributed by atoms with Gasteiger partial charge >= 0.3 is 0 Å². The van der Waals surface area contributed by atoms with Crippen LogP contribution >= 0.6 is 0 Å². The largest absolute Gasteiger partial charge is 0.496 e. The maximum absolute atomic E-state index is 6.16. The van der Waals surface area contributed by atoms with E-state index in [9.17, 15) is 0 Å². The zero-order valence-electron chi connectivity index (χ0n) is 68.6. The van der Waals surface area contributed by atoms with Gasteiger partial charge in [-0.2, -0.15) is 0 Å². The van der Waals surface area contributed by atoms with Crippen LogP contribution in [0.25, 0.3) is 56.3 Å². The van der Waals surface area contributed by atoms with Gasteiger partial charge in [-0.15, -0.1) is 0 Å². The summed E-state index contributed by atoms with van der Waals surface area (Å²) >= 11 is 0. The molecule has 5 aromatic carbocycles. The zero-order chi connectivity index (χ0) is 78.7. The van der Waals surface area contributed by atoms with Crippen LogP contribution in [0.15, 0.2) is 152 Å². The van der Waals surface area contributed by atoms with E-state index in [4.69, 9.17) is 37.9 Å². The number of nitrogens with zero attached hydrogens (tertiary/aromatic N) is 8. The molecule has 0 spiro atoms. The molecule has 18 nitrogen and oxygen atoms in total. The first-order valence-electron chi connectivity index (χ1n) is 38.1. The molecule has 7 heterocycles. The monoisotopic (exact) mass is 1480 g/mol. The molecular formula is C91H118N10O8. The standard InChI is InChI=1S/C19H24N2O2.C19H26N2O2.C18H22N2O2.C18H24N2O.C17H22N2O/c1-5-14-9-16(17-8-6-7-13(2)20-17)19(22-4)10-18(14)23-15-11-21(3)12-15;1-6-15-12-16(17-9-7-8-14(2)20-17)19(22-5)13-18(15)23-11-10-21(3)4;1-4-13-8-15(16-7-5-6-12(2)20-16)18(21-3)9-17(13)22-14-10-19-11-14;1-6-14-10-16(17-9-7-8-13(2)19-17)18(21-5)11-15(14)12-20(3)4;1-5-13-9-15(16-8-6-7-12(2)19-16)17(20-4)10-14(13)11-18-3/h6-10,15H,5,11-12H2,1-4H3;7-9,12-13H,6,10-11H2,1-5H3;5-9,14,19H,4,10-11H2,1-3H3;7-11H,6,12H2,1-5H3;6-10,18H,5,11H2,1-4H3. The van der Waals surface area contributed by atoms with Gasteiger partial charge in [-0.3, -0.25) is 29.8 Å². The van der Waals surface area contributed by atoms with Gasteiger partial charge in [0.2, 0.25) is 0 Å². The zero-order valence-corrected chi connectivity index (χ0v) is 68.6. The second kappa shape index (κ2) is 42.1. The maximum atomic E-state index is 6.16. The van der Waals surface area contributed by atoms with E-state index in [2.05, 4.69) is 148 Å². The van der Waals surface area contributed by atoms with Crippen molar-refractivity contribution in [3.63, 3.8) is 0 Å². The van der Waals surface area contributed by atoms with Crippen molar-refractivity contribution in [2.75, 3.05) is 117 Å². The van der Waals surface area contributed by atoms with E-state index >= 15 is 0 Å². The summed E-state index contributed by atoms with van der Waals surface area (Å²) in [6.45, 7) is 27.9. The average molecular weight is 1480 g/mol. The Labute approximate surface area is 649 Å². The van der Waals surface area contributed by atoms with Gasteiger partial charge < -0.3 is 58.3 Å². The van der Waals surface area contributed by atoms with E-state index in [1.165, 1.54) is 38.9 Å². The molecule has 580 valence electrons. The Balaban J connectivity index is 0.000000172. The summed E-state index contributed by atoms with van der Waals surface area (Å²) in [5.74, 6) is 6.91. The summed E-state index contributed by atoms with van der Waals surface area (Å²) in [4.78, 5) is 29.6. The Morgan fingerprint density at radius 3 is 0.991 bits per heavy atom. The van der Waals surface area contributed by atoms with Crippen molar-refractivity contribution in [3.8, 4) is 102 Å². The number of likely N-dealkylation sites (tertiary alicyclic amines) is 1. The Bertz CT molecular complexity index is 4550. The van der Waals surface area contributed by atoms with Gasteiger partial charge in [0.1, 0.15) is 64.8 Å². The molecule has 2 aliphatic heterocycles. The third kappa shape index (κ3) is 23.8. The molecule has 2 aliphatic rings. The topological polar surface area (TPSA) is 172 Å². The molecule has 2 saturated heterocycles. The number of likely N-dealkylation sites (N-methyl/N-ethyl adjacent to an activating group) is 2. The molecule has 0 radical (unpaired) electrons. The second-order valence-corrected chi connectivity index (χ2v) is 28.0. The molecule has 0 saturated carbocycles. The van der Waals surface area contributed by atoms with Crippen LogP contribution in [0.4, 0.5) is 0 Å². The number of aryl methyl sites for hydroxylation is 10. The molecule has 2 fully saturated rings. The summed E-state index contributed by atoms with van der Waals surface area (Å²) in [5.41, 5.74) is 23.8. The highest BCUT2D eigenvalue weighted by atomic mass is 16.5. The fraction of sp³-hybridized carbons (Fsp3) is 0.396. The van der Waals surface area contributed by atoms with Crippen molar-refractivity contribution in [1.29, 1.82) is 0 Å². The van der Waals surface area contributed by atoms with Crippen LogP contribution in [0.3, 0.4) is 0 Å². The van der Waals surface area contributed by atoms with Gasteiger partial charge in [0.25, 0.3) is 0 Å². The van der Waals surface area contributed by atoms with E-state index in [-0.39, 0.29) is 12.2 Å². The third-order valence-electron chi connectivity index (χ3n) is 18.9. The van der Waals surface area contributed by atoms with Gasteiger partial charge in [0, 0.05) is 120 Å². The number of hydrogen-bond acceptors (Lipinski definition) is 18. The molecule has 18 heteroatoms. The lowest BCUT2D eigenvalue weighted by atomic mass is 9.98. The Morgan fingerprint density at radius 2 is 0.697 bits per heavy atom. The van der Waals surface area contributed by atoms with Crippen LogP contribution in [-0.4, -0.2) is 169 Å². The first kappa shape index (κ1) is 84.7. The molecule has 2 N–H and O–H groups in total. The summed E-state index contributed by atoms with van der Waals surface area (Å²) in [5, 5.41) is 6.43. The molecule has 0 amide bonds. The number of hydrogen-bond donors (Lipinski definition) is 2. The van der Waals surface area contributed by atoms with E-state index in [1.807, 2.05) is 165 Å². The van der Waals surface area contributed by atoms with Crippen molar-refractivity contribution in [2.45, 2.75) is 127 Å². The Hall–Kier alpha value is -9.95. The molecule has 109 heavy (non-hydrogen) atoms. The molecule has 5 aromatic heterocycles. The first-order chi connectivity index (χ1) is 52.6. The summed E-state index contributed by atoms with van der Waals surface area (Å²) < 4.78 is 46.1. The number of aromatic nitrogens is 5. The van der Waals surface area contributed by atoms with Crippen LogP contribution in [0.2, 0.25) is 0 Å². The first-order valence-corrected chi connectivity index (χ1v) is 38.1. The number of pyridine rings is 5. The summed E-state index contributed by atoms with van der Waals surface area (Å²) in [6.07, 6.45) is 5.28. The number of ether oxygens (including phenoxy) is 8. The van der Waals surface area contributed by atoms with Crippen LogP contribution in [0, 0.1) is 34.6 Å².